The van der Waals surface area contributed by atoms with Gasteiger partial charge in [0, 0.05) is 42.0 Å². The van der Waals surface area contributed by atoms with Gasteiger partial charge in [-0.15, -0.1) is 0 Å². The first-order chi connectivity index (χ1) is 17.5. The summed E-state index contributed by atoms with van der Waals surface area (Å²) < 4.78 is 14.0. The highest BCUT2D eigenvalue weighted by Gasteiger charge is 2.12. The number of fused-ring (bicyclic) bond motifs is 1. The Morgan fingerprint density at radius 3 is 2.64 bits per heavy atom. The highest BCUT2D eigenvalue weighted by atomic mass is 19.1. The maximum atomic E-state index is 14.0. The van der Waals surface area contributed by atoms with Gasteiger partial charge in [-0.1, -0.05) is 30.8 Å². The van der Waals surface area contributed by atoms with E-state index >= 15 is 0 Å². The number of anilines is 1. The quantitative estimate of drug-likeness (QED) is 0.291. The number of hydrogen-bond donors (Lipinski definition) is 2. The van der Waals surface area contributed by atoms with Gasteiger partial charge in [0.1, 0.15) is 11.5 Å². The molecular weight excluding hydrogens is 451 g/mol. The lowest BCUT2D eigenvalue weighted by Gasteiger charge is -2.11. The third kappa shape index (κ3) is 5.16. The molecule has 0 spiro atoms. The zero-order valence-electron chi connectivity index (χ0n) is 20.3. The average molecular weight is 479 g/mol. The second-order valence-electron chi connectivity index (χ2n) is 9.06. The summed E-state index contributed by atoms with van der Waals surface area (Å²) in [6.07, 6.45) is 5.93. The Kier molecular flexibility index (Phi) is 6.56. The first-order valence-corrected chi connectivity index (χ1v) is 11.7. The Morgan fingerprint density at radius 1 is 1.00 bits per heavy atom. The van der Waals surface area contributed by atoms with E-state index in [1.807, 2.05) is 50.8 Å². The number of aromatic amines is 1. The molecule has 5 rings (SSSR count). The molecule has 3 aromatic heterocycles. The molecule has 0 aliphatic heterocycles. The molecule has 7 heteroatoms. The minimum atomic E-state index is -0.222. The van der Waals surface area contributed by atoms with Crippen molar-refractivity contribution < 1.29 is 4.39 Å². The average Bonchev–Trinajstić information content (AvgIpc) is 3.30. The fourth-order valence-electron chi connectivity index (χ4n) is 4.19. The number of aromatic nitrogens is 4. The molecule has 0 unspecified atom stereocenters. The van der Waals surface area contributed by atoms with E-state index in [1.54, 1.807) is 18.3 Å². The van der Waals surface area contributed by atoms with Gasteiger partial charge in [0.15, 0.2) is 0 Å². The van der Waals surface area contributed by atoms with Crippen molar-refractivity contribution in [2.75, 3.05) is 19.4 Å². The predicted octanol–water partition coefficient (Wildman–Crippen LogP) is 5.89. The molecule has 0 aliphatic rings. The van der Waals surface area contributed by atoms with Gasteiger partial charge in [0.2, 0.25) is 0 Å². The monoisotopic (exact) mass is 478 g/mol. The molecule has 36 heavy (non-hydrogen) atoms. The summed E-state index contributed by atoms with van der Waals surface area (Å²) in [7, 11) is 4.09. The van der Waals surface area contributed by atoms with E-state index in [0.717, 1.165) is 51.2 Å². The second kappa shape index (κ2) is 10.1. The van der Waals surface area contributed by atoms with Crippen LogP contribution in [-0.2, 0) is 13.0 Å². The number of pyridine rings is 2. The summed E-state index contributed by atoms with van der Waals surface area (Å²) in [6, 6.07) is 18.9. The van der Waals surface area contributed by atoms with Gasteiger partial charge in [-0.25, -0.2) is 4.39 Å². The maximum Gasteiger partial charge on any atom is 0.126 e. The number of nitrogens with one attached hydrogen (secondary N) is 2. The zero-order chi connectivity index (χ0) is 25.1. The smallest absolute Gasteiger partial charge is 0.126 e. The SMILES string of the molecule is C=C(Nc1ccc(Cc2ccccc2F)nc1)c1n[nH]c2ccc(-c3cncc(CN(C)C)c3)cc12. The summed E-state index contributed by atoms with van der Waals surface area (Å²) in [6.45, 7) is 5.03. The molecule has 2 N–H and O–H groups in total. The van der Waals surface area contributed by atoms with Crippen molar-refractivity contribution in [3.8, 4) is 11.1 Å². The summed E-state index contributed by atoms with van der Waals surface area (Å²) in [5.74, 6) is -0.222. The van der Waals surface area contributed by atoms with Crippen LogP contribution >= 0.6 is 0 Å². The van der Waals surface area contributed by atoms with Gasteiger partial charge >= 0.3 is 0 Å². The van der Waals surface area contributed by atoms with Crippen LogP contribution in [0.15, 0.2) is 85.8 Å². The zero-order valence-corrected chi connectivity index (χ0v) is 20.3. The Morgan fingerprint density at radius 2 is 1.86 bits per heavy atom. The largest absolute Gasteiger partial charge is 0.353 e. The van der Waals surface area contributed by atoms with E-state index in [2.05, 4.69) is 55.2 Å². The van der Waals surface area contributed by atoms with Crippen molar-refractivity contribution in [3.05, 3.63) is 114 Å². The van der Waals surface area contributed by atoms with Crippen LogP contribution in [0.2, 0.25) is 0 Å². The van der Waals surface area contributed by atoms with E-state index in [1.165, 1.54) is 6.07 Å². The lowest BCUT2D eigenvalue weighted by atomic mass is 10.0. The molecule has 0 radical (unpaired) electrons. The Hall–Kier alpha value is -4.36. The maximum absolute atomic E-state index is 14.0. The van der Waals surface area contributed by atoms with Crippen LogP contribution in [0, 0.1) is 5.82 Å². The molecule has 0 amide bonds. The molecule has 180 valence electrons. The van der Waals surface area contributed by atoms with Gasteiger partial charge < -0.3 is 10.2 Å². The molecule has 0 saturated carbocycles. The van der Waals surface area contributed by atoms with Gasteiger partial charge in [-0.05, 0) is 67.2 Å². The highest BCUT2D eigenvalue weighted by molar-refractivity contribution is 5.95. The van der Waals surface area contributed by atoms with Crippen molar-refractivity contribution in [1.82, 2.24) is 25.1 Å². The first kappa shape index (κ1) is 23.4. The fraction of sp³-hybridized carbons (Fsp3) is 0.138. The topological polar surface area (TPSA) is 69.7 Å². The summed E-state index contributed by atoms with van der Waals surface area (Å²) in [5.41, 5.74) is 7.77. The van der Waals surface area contributed by atoms with Gasteiger partial charge in [-0.3, -0.25) is 15.1 Å². The van der Waals surface area contributed by atoms with Gasteiger partial charge in [-0.2, -0.15) is 5.10 Å². The Labute approximate surface area is 209 Å². The lowest BCUT2D eigenvalue weighted by Crippen LogP contribution is -2.10. The van der Waals surface area contributed by atoms with Crippen molar-refractivity contribution in [2.24, 2.45) is 0 Å². The van der Waals surface area contributed by atoms with E-state index in [0.29, 0.717) is 17.7 Å². The van der Waals surface area contributed by atoms with Gasteiger partial charge in [0.25, 0.3) is 0 Å². The third-order valence-corrected chi connectivity index (χ3v) is 5.93. The molecule has 0 bridgehead atoms. The van der Waals surface area contributed by atoms with E-state index in [4.69, 9.17) is 0 Å². The minimum absolute atomic E-state index is 0.222. The second-order valence-corrected chi connectivity index (χ2v) is 9.06. The van der Waals surface area contributed by atoms with Crippen molar-refractivity contribution in [2.45, 2.75) is 13.0 Å². The van der Waals surface area contributed by atoms with Crippen LogP contribution < -0.4 is 5.32 Å². The molecule has 0 saturated heterocycles. The lowest BCUT2D eigenvalue weighted by molar-refractivity contribution is 0.402. The fourth-order valence-corrected chi connectivity index (χ4v) is 4.19. The van der Waals surface area contributed by atoms with E-state index in [9.17, 15) is 4.39 Å². The Balaban J connectivity index is 1.34. The van der Waals surface area contributed by atoms with Crippen LogP contribution in [-0.4, -0.2) is 39.2 Å². The van der Waals surface area contributed by atoms with Crippen LogP contribution in [0.5, 0.6) is 0 Å². The van der Waals surface area contributed by atoms with Crippen LogP contribution in [0.25, 0.3) is 27.7 Å². The molecule has 3 heterocycles. The molecule has 6 nitrogen and oxygen atoms in total. The number of H-pyrrole nitrogens is 1. The number of benzene rings is 2. The normalized spacial score (nSPS) is 11.2. The number of halogens is 1. The summed E-state index contributed by atoms with van der Waals surface area (Å²) >= 11 is 0. The standard InChI is InChI=1S/C29H27FN6/c1-19(33-25-10-9-24(32-17-25)13-22-6-4-5-7-27(22)30)29-26-14-21(8-11-28(26)34-35-29)23-12-20(15-31-16-23)18-36(2)3/h4-12,14-17,33H,1,13,18H2,2-3H3,(H,34,35). The highest BCUT2D eigenvalue weighted by Crippen LogP contribution is 2.29. The Bertz CT molecular complexity index is 1520. The van der Waals surface area contributed by atoms with E-state index < -0.39 is 0 Å². The summed E-state index contributed by atoms with van der Waals surface area (Å²) in [4.78, 5) is 11.0. The van der Waals surface area contributed by atoms with Gasteiger partial charge in [0.05, 0.1) is 23.1 Å². The molecule has 0 fully saturated rings. The summed E-state index contributed by atoms with van der Waals surface area (Å²) in [5, 5.41) is 11.8. The number of nitrogens with zero attached hydrogens (tertiary/aromatic N) is 4. The van der Waals surface area contributed by atoms with Crippen molar-refractivity contribution >= 4 is 22.3 Å². The van der Waals surface area contributed by atoms with E-state index in [-0.39, 0.29) is 5.82 Å². The van der Waals surface area contributed by atoms with Crippen LogP contribution in [0.1, 0.15) is 22.5 Å². The molecule has 0 aliphatic carbocycles. The van der Waals surface area contributed by atoms with Crippen LogP contribution in [0.3, 0.4) is 0 Å². The van der Waals surface area contributed by atoms with Crippen molar-refractivity contribution in [1.29, 1.82) is 0 Å². The minimum Gasteiger partial charge on any atom is -0.353 e. The molecule has 0 atom stereocenters. The third-order valence-electron chi connectivity index (χ3n) is 5.93. The number of hydrogen-bond acceptors (Lipinski definition) is 5. The van der Waals surface area contributed by atoms with Crippen LogP contribution in [0.4, 0.5) is 10.1 Å². The molecule has 5 aromatic rings. The predicted molar refractivity (Wildman–Crippen MR) is 143 cm³/mol. The molecule has 2 aromatic carbocycles. The van der Waals surface area contributed by atoms with Crippen molar-refractivity contribution in [3.63, 3.8) is 0 Å². The first-order valence-electron chi connectivity index (χ1n) is 11.7. The number of rotatable bonds is 8. The molecular formula is C29H27FN6.